The lowest BCUT2D eigenvalue weighted by Gasteiger charge is -2.16. The number of aliphatic imine (C=N–C) groups is 1. The molecule has 1 rings (SSSR count). The lowest BCUT2D eigenvalue weighted by Crippen LogP contribution is -2.41. The molecule has 0 bridgehead atoms. The Labute approximate surface area is 137 Å². The summed E-state index contributed by atoms with van der Waals surface area (Å²) in [5.41, 5.74) is 0.838. The molecule has 6 heteroatoms. The number of benzene rings is 1. The third-order valence-electron chi connectivity index (χ3n) is 2.90. The van der Waals surface area contributed by atoms with Crippen molar-refractivity contribution in [1.82, 2.24) is 10.6 Å². The minimum Gasteiger partial charge on any atom is -0.494 e. The lowest BCUT2D eigenvalue weighted by molar-refractivity contribution is 0.386. The van der Waals surface area contributed by atoms with E-state index >= 15 is 0 Å². The molecular formula is C14H23FIN3O. The first-order valence-electron chi connectivity index (χ1n) is 6.40. The fraction of sp³-hybridized carbons (Fsp3) is 0.500. The van der Waals surface area contributed by atoms with Crippen LogP contribution < -0.4 is 15.4 Å². The van der Waals surface area contributed by atoms with Crippen LogP contribution in [0, 0.1) is 5.82 Å². The van der Waals surface area contributed by atoms with Crippen LogP contribution in [0.5, 0.6) is 5.75 Å². The Kier molecular flexibility index (Phi) is 9.28. The number of nitrogens with zero attached hydrogens (tertiary/aromatic N) is 1. The number of guanidine groups is 1. The van der Waals surface area contributed by atoms with E-state index in [4.69, 9.17) is 4.74 Å². The van der Waals surface area contributed by atoms with Gasteiger partial charge in [-0.3, -0.25) is 4.99 Å². The topological polar surface area (TPSA) is 45.7 Å². The molecule has 0 heterocycles. The summed E-state index contributed by atoms with van der Waals surface area (Å²) in [5.74, 6) is 0.614. The Bertz CT molecular complexity index is 440. The van der Waals surface area contributed by atoms with Crippen LogP contribution >= 0.6 is 24.0 Å². The average molecular weight is 395 g/mol. The van der Waals surface area contributed by atoms with E-state index in [1.54, 1.807) is 13.1 Å². The van der Waals surface area contributed by atoms with Gasteiger partial charge in [0.05, 0.1) is 7.11 Å². The third kappa shape index (κ3) is 5.94. The minimum absolute atomic E-state index is 0. The maximum atomic E-state index is 13.5. The summed E-state index contributed by atoms with van der Waals surface area (Å²) in [6, 6.07) is 5.25. The Morgan fingerprint density at radius 1 is 1.45 bits per heavy atom. The summed E-state index contributed by atoms with van der Waals surface area (Å²) in [6.45, 7) is 4.70. The van der Waals surface area contributed by atoms with Crippen LogP contribution in [0.25, 0.3) is 0 Å². The molecular weight excluding hydrogens is 372 g/mol. The summed E-state index contributed by atoms with van der Waals surface area (Å²) in [6.07, 6.45) is 1.01. The van der Waals surface area contributed by atoms with E-state index in [1.807, 2.05) is 6.07 Å². The normalized spacial score (nSPS) is 12.3. The number of nitrogens with one attached hydrogen (secondary N) is 2. The predicted molar refractivity (Wildman–Crippen MR) is 91.5 cm³/mol. The van der Waals surface area contributed by atoms with E-state index < -0.39 is 0 Å². The Balaban J connectivity index is 0.00000361. The summed E-state index contributed by atoms with van der Waals surface area (Å²) < 4.78 is 18.4. The molecule has 1 aromatic carbocycles. The molecule has 2 N–H and O–H groups in total. The van der Waals surface area contributed by atoms with Gasteiger partial charge < -0.3 is 15.4 Å². The first kappa shape index (κ1) is 18.9. The third-order valence-corrected chi connectivity index (χ3v) is 2.90. The van der Waals surface area contributed by atoms with Crippen LogP contribution in [-0.2, 0) is 6.54 Å². The van der Waals surface area contributed by atoms with Crippen molar-refractivity contribution in [1.29, 1.82) is 0 Å². The molecule has 0 fully saturated rings. The molecule has 0 radical (unpaired) electrons. The first-order chi connectivity index (χ1) is 9.10. The number of methoxy groups -OCH3 is 1. The molecule has 0 aliphatic rings. The van der Waals surface area contributed by atoms with Crippen molar-refractivity contribution < 1.29 is 9.13 Å². The highest BCUT2D eigenvalue weighted by atomic mass is 127. The van der Waals surface area contributed by atoms with Gasteiger partial charge in [0, 0.05) is 19.6 Å². The van der Waals surface area contributed by atoms with Crippen molar-refractivity contribution in [3.8, 4) is 5.75 Å². The van der Waals surface area contributed by atoms with Gasteiger partial charge in [-0.1, -0.05) is 13.0 Å². The van der Waals surface area contributed by atoms with E-state index in [0.29, 0.717) is 18.5 Å². The smallest absolute Gasteiger partial charge is 0.191 e. The maximum Gasteiger partial charge on any atom is 0.191 e. The molecule has 0 amide bonds. The standard InChI is InChI=1S/C14H22FN3O.HI/c1-5-10(2)18-14(16-3)17-9-11-6-7-13(19-4)12(15)8-11;/h6-8,10H,5,9H2,1-4H3,(H2,16,17,18);1H. The average Bonchev–Trinajstić information content (AvgIpc) is 2.43. The van der Waals surface area contributed by atoms with Gasteiger partial charge in [0.15, 0.2) is 17.5 Å². The quantitative estimate of drug-likeness (QED) is 0.458. The molecule has 0 spiro atoms. The summed E-state index contributed by atoms with van der Waals surface area (Å²) in [5, 5.41) is 6.39. The van der Waals surface area contributed by atoms with Crippen molar-refractivity contribution in [3.63, 3.8) is 0 Å². The zero-order valence-corrected chi connectivity index (χ0v) is 14.7. The van der Waals surface area contributed by atoms with Crippen molar-refractivity contribution in [2.75, 3.05) is 14.2 Å². The number of rotatable bonds is 5. The molecule has 114 valence electrons. The molecule has 1 aromatic rings. The first-order valence-corrected chi connectivity index (χ1v) is 6.40. The van der Waals surface area contributed by atoms with Gasteiger partial charge in [0.1, 0.15) is 0 Å². The van der Waals surface area contributed by atoms with Gasteiger partial charge in [0.2, 0.25) is 0 Å². The second-order valence-electron chi connectivity index (χ2n) is 4.35. The SMILES string of the molecule is CCC(C)NC(=NC)NCc1ccc(OC)c(F)c1.I. The summed E-state index contributed by atoms with van der Waals surface area (Å²) in [4.78, 5) is 4.12. The highest BCUT2D eigenvalue weighted by Gasteiger charge is 2.05. The Hall–Kier alpha value is -1.05. The molecule has 20 heavy (non-hydrogen) atoms. The largest absolute Gasteiger partial charge is 0.494 e. The fourth-order valence-corrected chi connectivity index (χ4v) is 1.54. The van der Waals surface area contributed by atoms with Gasteiger partial charge in [0.25, 0.3) is 0 Å². The molecule has 1 atom stereocenters. The molecule has 1 unspecified atom stereocenters. The number of halogens is 2. The van der Waals surface area contributed by atoms with Crippen molar-refractivity contribution in [2.45, 2.75) is 32.9 Å². The van der Waals surface area contributed by atoms with Gasteiger partial charge >= 0.3 is 0 Å². The molecule has 0 aliphatic heterocycles. The van der Waals surface area contributed by atoms with Gasteiger partial charge in [-0.15, -0.1) is 24.0 Å². The summed E-state index contributed by atoms with van der Waals surface area (Å²) >= 11 is 0. The van der Waals surface area contributed by atoms with Crippen LogP contribution in [-0.4, -0.2) is 26.2 Å². The van der Waals surface area contributed by atoms with Crippen LogP contribution in [0.3, 0.4) is 0 Å². The van der Waals surface area contributed by atoms with E-state index in [2.05, 4.69) is 29.5 Å². The highest BCUT2D eigenvalue weighted by Crippen LogP contribution is 2.17. The molecule has 0 saturated heterocycles. The van der Waals surface area contributed by atoms with Crippen molar-refractivity contribution >= 4 is 29.9 Å². The number of ether oxygens (including phenoxy) is 1. The minimum atomic E-state index is -0.355. The predicted octanol–water partition coefficient (Wildman–Crippen LogP) is 2.92. The second-order valence-corrected chi connectivity index (χ2v) is 4.35. The maximum absolute atomic E-state index is 13.5. The van der Waals surface area contributed by atoms with Crippen LogP contribution in [0.2, 0.25) is 0 Å². The van der Waals surface area contributed by atoms with E-state index in [1.165, 1.54) is 13.2 Å². The Morgan fingerprint density at radius 2 is 2.15 bits per heavy atom. The van der Waals surface area contributed by atoms with Gasteiger partial charge in [-0.25, -0.2) is 4.39 Å². The molecule has 0 saturated carbocycles. The lowest BCUT2D eigenvalue weighted by atomic mass is 10.2. The van der Waals surface area contributed by atoms with Crippen LogP contribution in [0.15, 0.2) is 23.2 Å². The zero-order chi connectivity index (χ0) is 14.3. The molecule has 4 nitrogen and oxygen atoms in total. The van der Waals surface area contributed by atoms with Crippen LogP contribution in [0.1, 0.15) is 25.8 Å². The Morgan fingerprint density at radius 3 is 2.65 bits per heavy atom. The van der Waals surface area contributed by atoms with Crippen molar-refractivity contribution in [2.24, 2.45) is 4.99 Å². The zero-order valence-electron chi connectivity index (χ0n) is 12.4. The fourth-order valence-electron chi connectivity index (χ4n) is 1.54. The highest BCUT2D eigenvalue weighted by molar-refractivity contribution is 14.0. The van der Waals surface area contributed by atoms with Crippen LogP contribution in [0.4, 0.5) is 4.39 Å². The van der Waals surface area contributed by atoms with Gasteiger partial charge in [-0.05, 0) is 31.0 Å². The monoisotopic (exact) mass is 395 g/mol. The molecule has 0 aromatic heterocycles. The number of hydrogen-bond donors (Lipinski definition) is 2. The number of hydrogen-bond acceptors (Lipinski definition) is 2. The summed E-state index contributed by atoms with van der Waals surface area (Å²) in [7, 11) is 3.17. The van der Waals surface area contributed by atoms with Gasteiger partial charge in [-0.2, -0.15) is 0 Å². The van der Waals surface area contributed by atoms with Crippen molar-refractivity contribution in [3.05, 3.63) is 29.6 Å². The van der Waals surface area contributed by atoms with E-state index in [0.717, 1.165) is 12.0 Å². The second kappa shape index (κ2) is 9.79. The van der Waals surface area contributed by atoms with E-state index in [-0.39, 0.29) is 35.5 Å². The molecule has 0 aliphatic carbocycles. The van der Waals surface area contributed by atoms with E-state index in [9.17, 15) is 4.39 Å².